The van der Waals surface area contributed by atoms with Crippen LogP contribution < -0.4 is 5.32 Å². The lowest BCUT2D eigenvalue weighted by atomic mass is 10.2. The van der Waals surface area contributed by atoms with Crippen LogP contribution in [0.3, 0.4) is 0 Å². The van der Waals surface area contributed by atoms with Gasteiger partial charge < -0.3 is 5.32 Å². The van der Waals surface area contributed by atoms with E-state index in [4.69, 9.17) is 0 Å². The predicted molar refractivity (Wildman–Crippen MR) is 82.9 cm³/mol. The summed E-state index contributed by atoms with van der Waals surface area (Å²) in [7, 11) is 0. The molecule has 0 aliphatic rings. The molecule has 0 atom stereocenters. The molecule has 0 radical (unpaired) electrons. The van der Waals surface area contributed by atoms with E-state index in [0.717, 1.165) is 17.1 Å². The SMILES string of the molecule is O=C(NCc1ccccn1)c1ccc(-c2ccccn2)nc1. The second kappa shape index (κ2) is 6.58. The van der Waals surface area contributed by atoms with Gasteiger partial charge in [0.15, 0.2) is 0 Å². The molecule has 0 saturated heterocycles. The molecule has 108 valence electrons. The topological polar surface area (TPSA) is 67.8 Å². The van der Waals surface area contributed by atoms with Gasteiger partial charge in [-0.05, 0) is 36.4 Å². The number of carbonyl (C=O) groups is 1. The highest BCUT2D eigenvalue weighted by atomic mass is 16.1. The quantitative estimate of drug-likeness (QED) is 0.801. The molecule has 0 unspecified atom stereocenters. The number of rotatable bonds is 4. The van der Waals surface area contributed by atoms with Crippen LogP contribution in [0.5, 0.6) is 0 Å². The summed E-state index contributed by atoms with van der Waals surface area (Å²) in [4.78, 5) is 24.7. The summed E-state index contributed by atoms with van der Waals surface area (Å²) in [6.45, 7) is 0.391. The van der Waals surface area contributed by atoms with Gasteiger partial charge in [-0.15, -0.1) is 0 Å². The molecule has 5 heteroatoms. The summed E-state index contributed by atoms with van der Waals surface area (Å²) in [6, 6.07) is 14.7. The summed E-state index contributed by atoms with van der Waals surface area (Å²) >= 11 is 0. The zero-order valence-corrected chi connectivity index (χ0v) is 11.8. The van der Waals surface area contributed by atoms with Crippen LogP contribution in [-0.4, -0.2) is 20.9 Å². The second-order valence-electron chi connectivity index (χ2n) is 4.65. The number of hydrogen-bond acceptors (Lipinski definition) is 4. The van der Waals surface area contributed by atoms with E-state index in [1.165, 1.54) is 0 Å². The third-order valence-electron chi connectivity index (χ3n) is 3.11. The van der Waals surface area contributed by atoms with Gasteiger partial charge in [0.2, 0.25) is 0 Å². The van der Waals surface area contributed by atoms with Gasteiger partial charge in [-0.3, -0.25) is 19.7 Å². The Bertz CT molecular complexity index is 743. The average molecular weight is 290 g/mol. The smallest absolute Gasteiger partial charge is 0.253 e. The Balaban J connectivity index is 1.66. The molecule has 1 N–H and O–H groups in total. The minimum atomic E-state index is -0.175. The maximum absolute atomic E-state index is 12.1. The maximum atomic E-state index is 12.1. The average Bonchev–Trinajstić information content (AvgIpc) is 2.61. The molecule has 5 nitrogen and oxygen atoms in total. The summed E-state index contributed by atoms with van der Waals surface area (Å²) in [5.74, 6) is -0.175. The number of aromatic nitrogens is 3. The van der Waals surface area contributed by atoms with E-state index in [-0.39, 0.29) is 5.91 Å². The fourth-order valence-electron chi connectivity index (χ4n) is 1.97. The number of hydrogen-bond donors (Lipinski definition) is 1. The van der Waals surface area contributed by atoms with Crippen molar-refractivity contribution in [3.8, 4) is 11.4 Å². The molecule has 3 heterocycles. The molecule has 0 fully saturated rings. The van der Waals surface area contributed by atoms with E-state index in [9.17, 15) is 4.79 Å². The molecule has 3 rings (SSSR count). The zero-order chi connectivity index (χ0) is 15.2. The Kier molecular flexibility index (Phi) is 4.15. The fourth-order valence-corrected chi connectivity index (χ4v) is 1.97. The van der Waals surface area contributed by atoms with Crippen LogP contribution in [0.4, 0.5) is 0 Å². The van der Waals surface area contributed by atoms with Crippen LogP contribution in [0.15, 0.2) is 67.1 Å². The highest BCUT2D eigenvalue weighted by Crippen LogP contribution is 2.13. The van der Waals surface area contributed by atoms with Gasteiger partial charge in [-0.2, -0.15) is 0 Å². The molecule has 0 aliphatic heterocycles. The highest BCUT2D eigenvalue weighted by molar-refractivity contribution is 5.94. The molecular formula is C17H14N4O. The van der Waals surface area contributed by atoms with Gasteiger partial charge in [-0.25, -0.2) is 0 Å². The molecule has 1 amide bonds. The molecule has 0 saturated carbocycles. The first-order chi connectivity index (χ1) is 10.8. The van der Waals surface area contributed by atoms with Crippen LogP contribution in [0, 0.1) is 0 Å². The predicted octanol–water partition coefficient (Wildman–Crippen LogP) is 2.47. The fraction of sp³-hybridized carbons (Fsp3) is 0.0588. The van der Waals surface area contributed by atoms with Crippen LogP contribution in [-0.2, 0) is 6.54 Å². The van der Waals surface area contributed by atoms with Gasteiger partial charge >= 0.3 is 0 Å². The van der Waals surface area contributed by atoms with Gasteiger partial charge in [0.05, 0.1) is 29.2 Å². The standard InChI is InChI=1S/C17H14N4O/c22-17(21-12-14-5-1-3-9-18-14)13-7-8-16(20-11-13)15-6-2-4-10-19-15/h1-11H,12H2,(H,21,22). The van der Waals surface area contributed by atoms with Crippen molar-refractivity contribution in [1.82, 2.24) is 20.3 Å². The summed E-state index contributed by atoms with van der Waals surface area (Å²) in [5.41, 5.74) is 2.84. The highest BCUT2D eigenvalue weighted by Gasteiger charge is 2.07. The Labute approximate surface area is 128 Å². The lowest BCUT2D eigenvalue weighted by Crippen LogP contribution is -2.23. The first-order valence-corrected chi connectivity index (χ1v) is 6.88. The zero-order valence-electron chi connectivity index (χ0n) is 11.8. The Hall–Kier alpha value is -3.08. The molecule has 0 bridgehead atoms. The molecule has 0 aromatic carbocycles. The Morgan fingerprint density at radius 2 is 1.64 bits per heavy atom. The number of nitrogens with one attached hydrogen (secondary N) is 1. The first-order valence-electron chi connectivity index (χ1n) is 6.88. The second-order valence-corrected chi connectivity index (χ2v) is 4.65. The van der Waals surface area contributed by atoms with Gasteiger partial charge in [-0.1, -0.05) is 12.1 Å². The molecule has 0 spiro atoms. The molecule has 3 aromatic rings. The first kappa shape index (κ1) is 13.9. The van der Waals surface area contributed by atoms with E-state index >= 15 is 0 Å². The van der Waals surface area contributed by atoms with Crippen molar-refractivity contribution < 1.29 is 4.79 Å². The molecule has 0 aliphatic carbocycles. The van der Waals surface area contributed by atoms with Gasteiger partial charge in [0, 0.05) is 18.6 Å². The van der Waals surface area contributed by atoms with Crippen LogP contribution >= 0.6 is 0 Å². The van der Waals surface area contributed by atoms with Crippen molar-refractivity contribution in [1.29, 1.82) is 0 Å². The van der Waals surface area contributed by atoms with Crippen molar-refractivity contribution in [2.24, 2.45) is 0 Å². The van der Waals surface area contributed by atoms with Crippen LogP contribution in [0.25, 0.3) is 11.4 Å². The van der Waals surface area contributed by atoms with Crippen molar-refractivity contribution in [2.45, 2.75) is 6.54 Å². The molecular weight excluding hydrogens is 276 g/mol. The van der Waals surface area contributed by atoms with E-state index in [2.05, 4.69) is 20.3 Å². The van der Waals surface area contributed by atoms with E-state index in [1.54, 1.807) is 30.7 Å². The summed E-state index contributed by atoms with van der Waals surface area (Å²) in [6.07, 6.45) is 4.97. The van der Waals surface area contributed by atoms with E-state index in [0.29, 0.717) is 12.1 Å². The normalized spacial score (nSPS) is 10.2. The third-order valence-corrected chi connectivity index (χ3v) is 3.11. The summed E-state index contributed by atoms with van der Waals surface area (Å²) in [5, 5.41) is 2.82. The number of amides is 1. The largest absolute Gasteiger partial charge is 0.346 e. The minimum Gasteiger partial charge on any atom is -0.346 e. The minimum absolute atomic E-state index is 0.175. The van der Waals surface area contributed by atoms with E-state index < -0.39 is 0 Å². The van der Waals surface area contributed by atoms with Crippen molar-refractivity contribution >= 4 is 5.91 Å². The molecule has 22 heavy (non-hydrogen) atoms. The maximum Gasteiger partial charge on any atom is 0.253 e. The number of pyridine rings is 3. The van der Waals surface area contributed by atoms with Gasteiger partial charge in [0.25, 0.3) is 5.91 Å². The summed E-state index contributed by atoms with van der Waals surface area (Å²) < 4.78 is 0. The number of nitrogens with zero attached hydrogens (tertiary/aromatic N) is 3. The lowest BCUT2D eigenvalue weighted by molar-refractivity contribution is 0.0950. The van der Waals surface area contributed by atoms with Crippen molar-refractivity contribution in [2.75, 3.05) is 0 Å². The van der Waals surface area contributed by atoms with Crippen LogP contribution in [0.2, 0.25) is 0 Å². The van der Waals surface area contributed by atoms with Crippen LogP contribution in [0.1, 0.15) is 16.1 Å². The van der Waals surface area contributed by atoms with Crippen molar-refractivity contribution in [3.05, 3.63) is 78.4 Å². The van der Waals surface area contributed by atoms with E-state index in [1.807, 2.05) is 36.4 Å². The Morgan fingerprint density at radius 1 is 0.864 bits per heavy atom. The van der Waals surface area contributed by atoms with Crippen molar-refractivity contribution in [3.63, 3.8) is 0 Å². The Morgan fingerprint density at radius 3 is 2.27 bits per heavy atom. The lowest BCUT2D eigenvalue weighted by Gasteiger charge is -2.05. The number of carbonyl (C=O) groups excluding carboxylic acids is 1. The third kappa shape index (κ3) is 3.32. The molecule has 3 aromatic heterocycles. The van der Waals surface area contributed by atoms with Gasteiger partial charge in [0.1, 0.15) is 0 Å². The monoisotopic (exact) mass is 290 g/mol.